The quantitative estimate of drug-likeness (QED) is 0.771. The van der Waals surface area contributed by atoms with E-state index in [2.05, 4.69) is 0 Å². The maximum atomic E-state index is 10.1. The van der Waals surface area contributed by atoms with Crippen LogP contribution in [0.4, 0.5) is 0 Å². The minimum absolute atomic E-state index is 0.233. The highest BCUT2D eigenvalue weighted by molar-refractivity contribution is 6.61. The van der Waals surface area contributed by atoms with Gasteiger partial charge in [0.1, 0.15) is 5.60 Å². The van der Waals surface area contributed by atoms with E-state index in [1.54, 1.807) is 0 Å². The first-order valence-electron chi connectivity index (χ1n) is 6.19. The molecule has 18 heavy (non-hydrogen) atoms. The average Bonchev–Trinajstić information content (AvgIpc) is 2.67. The molecule has 0 radical (unpaired) electrons. The zero-order chi connectivity index (χ0) is 12.8. The predicted octanol–water partition coefficient (Wildman–Crippen LogP) is 0.425. The Bertz CT molecular complexity index is 439. The lowest BCUT2D eigenvalue weighted by atomic mass is 9.78. The molecule has 1 aromatic rings. The first kappa shape index (κ1) is 12.2. The zero-order valence-electron chi connectivity index (χ0n) is 10.7. The molecule has 0 unspecified atom stereocenters. The van der Waals surface area contributed by atoms with E-state index in [1.165, 1.54) is 0 Å². The van der Waals surface area contributed by atoms with Gasteiger partial charge in [0.05, 0.1) is 25.4 Å². The van der Waals surface area contributed by atoms with E-state index in [0.717, 1.165) is 11.0 Å². The van der Waals surface area contributed by atoms with Gasteiger partial charge in [-0.1, -0.05) is 24.3 Å². The Labute approximate surface area is 107 Å². The lowest BCUT2D eigenvalue weighted by molar-refractivity contribution is -0.184. The summed E-state index contributed by atoms with van der Waals surface area (Å²) in [6.07, 6.45) is 0. The molecule has 0 atom stereocenters. The van der Waals surface area contributed by atoms with Crippen molar-refractivity contribution in [2.24, 2.45) is 0 Å². The maximum absolute atomic E-state index is 10.1. The summed E-state index contributed by atoms with van der Waals surface area (Å²) in [6, 6.07) is 7.71. The van der Waals surface area contributed by atoms with Gasteiger partial charge in [0.25, 0.3) is 0 Å². The monoisotopic (exact) mass is 248 g/mol. The first-order valence-corrected chi connectivity index (χ1v) is 6.19. The van der Waals surface area contributed by atoms with Gasteiger partial charge in [0.15, 0.2) is 0 Å². The average molecular weight is 248 g/mol. The summed E-state index contributed by atoms with van der Waals surface area (Å²) in [5, 5.41) is 10.1. The molecular weight excluding hydrogens is 231 g/mol. The van der Waals surface area contributed by atoms with Crippen molar-refractivity contribution in [1.29, 1.82) is 0 Å². The molecule has 0 aliphatic carbocycles. The molecule has 0 bridgehead atoms. The molecule has 3 rings (SSSR count). The maximum Gasteiger partial charge on any atom is 0.494 e. The Kier molecular flexibility index (Phi) is 2.75. The van der Waals surface area contributed by atoms with Crippen LogP contribution in [0.15, 0.2) is 24.3 Å². The van der Waals surface area contributed by atoms with Crippen molar-refractivity contribution in [3.05, 3.63) is 29.8 Å². The molecule has 96 valence electrons. The van der Waals surface area contributed by atoms with Crippen molar-refractivity contribution in [3.63, 3.8) is 0 Å². The van der Waals surface area contributed by atoms with Crippen molar-refractivity contribution < 1.29 is 19.2 Å². The molecule has 0 spiro atoms. The summed E-state index contributed by atoms with van der Waals surface area (Å²) in [7, 11) is -0.304. The highest BCUT2D eigenvalue weighted by Crippen LogP contribution is 2.28. The number of rotatable bonds is 2. The number of hydrogen-bond acceptors (Lipinski definition) is 4. The fraction of sp³-hybridized carbons (Fsp3) is 0.538. The summed E-state index contributed by atoms with van der Waals surface area (Å²) in [5.74, 6) is 0. The fourth-order valence-electron chi connectivity index (χ4n) is 2.21. The zero-order valence-corrected chi connectivity index (χ0v) is 10.7. The van der Waals surface area contributed by atoms with Gasteiger partial charge in [-0.3, -0.25) is 0 Å². The van der Waals surface area contributed by atoms with Gasteiger partial charge >= 0.3 is 7.12 Å². The predicted molar refractivity (Wildman–Crippen MR) is 67.7 cm³/mol. The summed E-state index contributed by atoms with van der Waals surface area (Å²) in [5.41, 5.74) is 0.821. The van der Waals surface area contributed by atoms with Gasteiger partial charge in [-0.15, -0.1) is 0 Å². The third kappa shape index (κ3) is 2.08. The molecule has 2 saturated heterocycles. The van der Waals surface area contributed by atoms with E-state index in [1.807, 2.05) is 38.1 Å². The van der Waals surface area contributed by atoms with Crippen LogP contribution in [0, 0.1) is 0 Å². The third-order valence-electron chi connectivity index (χ3n) is 3.41. The highest BCUT2D eigenvalue weighted by atomic mass is 16.7. The van der Waals surface area contributed by atoms with Gasteiger partial charge in [0.2, 0.25) is 0 Å². The summed E-state index contributed by atoms with van der Waals surface area (Å²) in [6.45, 7) is 5.36. The number of ether oxygens (including phenoxy) is 1. The van der Waals surface area contributed by atoms with Crippen LogP contribution in [0.1, 0.15) is 19.4 Å². The molecule has 0 amide bonds. The Hall–Kier alpha value is -0.875. The second kappa shape index (κ2) is 4.06. The molecular formula is C13H17BO4. The molecule has 2 aliphatic rings. The van der Waals surface area contributed by atoms with Crippen LogP contribution in [0.5, 0.6) is 0 Å². The van der Waals surface area contributed by atoms with Gasteiger partial charge in [-0.25, -0.2) is 0 Å². The van der Waals surface area contributed by atoms with Crippen LogP contribution in [-0.2, 0) is 19.6 Å². The van der Waals surface area contributed by atoms with Crippen LogP contribution in [-0.4, -0.2) is 37.6 Å². The summed E-state index contributed by atoms with van der Waals surface area (Å²) >= 11 is 0. The van der Waals surface area contributed by atoms with Crippen LogP contribution in [0.3, 0.4) is 0 Å². The molecule has 2 fully saturated rings. The van der Waals surface area contributed by atoms with Crippen LogP contribution in [0.25, 0.3) is 0 Å². The lowest BCUT2D eigenvalue weighted by Crippen LogP contribution is -2.46. The van der Waals surface area contributed by atoms with Crippen LogP contribution < -0.4 is 5.46 Å². The van der Waals surface area contributed by atoms with Crippen molar-refractivity contribution in [2.45, 2.75) is 25.0 Å². The number of benzene rings is 1. The molecule has 4 nitrogen and oxygen atoms in total. The first-order chi connectivity index (χ1) is 8.49. The molecule has 1 N–H and O–H groups in total. The van der Waals surface area contributed by atoms with Gasteiger partial charge in [0, 0.05) is 0 Å². The standard InChI is InChI=1S/C13H17BO4/c1-12(2)7-17-14(18-12)11-5-3-10(4-6-11)13(15)8-16-9-13/h3-6,15H,7-9H2,1-2H3. The topological polar surface area (TPSA) is 47.9 Å². The Morgan fingerprint density at radius 2 is 1.78 bits per heavy atom. The van der Waals surface area contributed by atoms with Crippen LogP contribution >= 0.6 is 0 Å². The third-order valence-corrected chi connectivity index (χ3v) is 3.41. The molecule has 1 aromatic carbocycles. The van der Waals surface area contributed by atoms with Crippen molar-refractivity contribution in [3.8, 4) is 0 Å². The summed E-state index contributed by atoms with van der Waals surface area (Å²) in [4.78, 5) is 0. The second-order valence-electron chi connectivity index (χ2n) is 5.67. The molecule has 2 aliphatic heterocycles. The van der Waals surface area contributed by atoms with E-state index in [-0.39, 0.29) is 12.7 Å². The minimum Gasteiger partial charge on any atom is -0.404 e. The fourth-order valence-corrected chi connectivity index (χ4v) is 2.21. The van der Waals surface area contributed by atoms with E-state index >= 15 is 0 Å². The Morgan fingerprint density at radius 3 is 2.22 bits per heavy atom. The SMILES string of the molecule is CC1(C)COB(c2ccc(C3(O)COC3)cc2)O1. The Morgan fingerprint density at radius 1 is 1.11 bits per heavy atom. The number of hydrogen-bond donors (Lipinski definition) is 1. The highest BCUT2D eigenvalue weighted by Gasteiger charge is 2.40. The largest absolute Gasteiger partial charge is 0.494 e. The van der Waals surface area contributed by atoms with E-state index in [0.29, 0.717) is 19.8 Å². The van der Waals surface area contributed by atoms with Crippen molar-refractivity contribution in [2.75, 3.05) is 19.8 Å². The molecule has 5 heteroatoms. The van der Waals surface area contributed by atoms with E-state index < -0.39 is 5.60 Å². The molecule has 0 saturated carbocycles. The molecule has 2 heterocycles. The minimum atomic E-state index is -0.810. The van der Waals surface area contributed by atoms with Gasteiger partial charge < -0.3 is 19.2 Å². The smallest absolute Gasteiger partial charge is 0.404 e. The van der Waals surface area contributed by atoms with Gasteiger partial charge in [-0.05, 0) is 24.9 Å². The summed E-state index contributed by atoms with van der Waals surface area (Å²) < 4.78 is 16.5. The second-order valence-corrected chi connectivity index (χ2v) is 5.67. The van der Waals surface area contributed by atoms with Crippen molar-refractivity contribution >= 4 is 12.6 Å². The van der Waals surface area contributed by atoms with E-state index in [4.69, 9.17) is 14.0 Å². The molecule has 0 aromatic heterocycles. The van der Waals surface area contributed by atoms with Crippen LogP contribution in [0.2, 0.25) is 0 Å². The van der Waals surface area contributed by atoms with Crippen molar-refractivity contribution in [1.82, 2.24) is 0 Å². The Balaban J connectivity index is 1.75. The van der Waals surface area contributed by atoms with Gasteiger partial charge in [-0.2, -0.15) is 0 Å². The number of aliphatic hydroxyl groups is 1. The normalized spacial score (nSPS) is 24.9. The lowest BCUT2D eigenvalue weighted by Gasteiger charge is -2.36. The van der Waals surface area contributed by atoms with E-state index in [9.17, 15) is 5.11 Å².